The van der Waals surface area contributed by atoms with Crippen molar-refractivity contribution in [1.29, 1.82) is 0 Å². The standard InChI is InChI=1S/C12H13ClFN3/c1-9-15-4-6-17(9)7-5-16-10-2-3-11(13)12(14)8-10/h2-4,6,8,16H,5,7H2,1H3. The van der Waals surface area contributed by atoms with Crippen LogP contribution in [0.4, 0.5) is 10.1 Å². The molecule has 0 saturated carbocycles. The quantitative estimate of drug-likeness (QED) is 0.908. The predicted molar refractivity (Wildman–Crippen MR) is 66.9 cm³/mol. The largest absolute Gasteiger partial charge is 0.383 e. The van der Waals surface area contributed by atoms with Gasteiger partial charge in [-0.1, -0.05) is 11.6 Å². The fraction of sp³-hybridized carbons (Fsp3) is 0.250. The summed E-state index contributed by atoms with van der Waals surface area (Å²) in [4.78, 5) is 4.13. The number of aromatic nitrogens is 2. The first-order valence-corrected chi connectivity index (χ1v) is 5.71. The highest BCUT2D eigenvalue weighted by molar-refractivity contribution is 6.30. The Balaban J connectivity index is 1.90. The number of rotatable bonds is 4. The summed E-state index contributed by atoms with van der Waals surface area (Å²) >= 11 is 5.60. The lowest BCUT2D eigenvalue weighted by Gasteiger charge is -2.08. The van der Waals surface area contributed by atoms with E-state index < -0.39 is 5.82 Å². The zero-order valence-corrected chi connectivity index (χ0v) is 10.2. The number of anilines is 1. The fourth-order valence-electron chi connectivity index (χ4n) is 1.57. The molecule has 0 aliphatic rings. The molecule has 0 unspecified atom stereocenters. The number of nitrogens with zero attached hydrogens (tertiary/aromatic N) is 2. The van der Waals surface area contributed by atoms with Crippen LogP contribution < -0.4 is 5.32 Å². The molecule has 3 nitrogen and oxygen atoms in total. The van der Waals surface area contributed by atoms with Gasteiger partial charge in [0.25, 0.3) is 0 Å². The molecular formula is C12H13ClFN3. The lowest BCUT2D eigenvalue weighted by molar-refractivity contribution is 0.628. The van der Waals surface area contributed by atoms with E-state index in [4.69, 9.17) is 11.6 Å². The van der Waals surface area contributed by atoms with Crippen molar-refractivity contribution in [2.75, 3.05) is 11.9 Å². The average Bonchev–Trinajstić information content (AvgIpc) is 2.70. The molecule has 2 rings (SSSR count). The van der Waals surface area contributed by atoms with Crippen LogP contribution in [-0.4, -0.2) is 16.1 Å². The van der Waals surface area contributed by atoms with E-state index in [9.17, 15) is 4.39 Å². The second-order valence-electron chi connectivity index (χ2n) is 3.72. The summed E-state index contributed by atoms with van der Waals surface area (Å²) < 4.78 is 15.2. The molecule has 0 aliphatic carbocycles. The minimum absolute atomic E-state index is 0.140. The normalized spacial score (nSPS) is 10.5. The average molecular weight is 254 g/mol. The highest BCUT2D eigenvalue weighted by atomic mass is 35.5. The molecule has 0 amide bonds. The summed E-state index contributed by atoms with van der Waals surface area (Å²) in [6.07, 6.45) is 3.68. The molecule has 0 aliphatic heterocycles. The van der Waals surface area contributed by atoms with E-state index in [1.165, 1.54) is 6.07 Å². The Morgan fingerprint density at radius 2 is 2.29 bits per heavy atom. The molecule has 0 radical (unpaired) electrons. The van der Waals surface area contributed by atoms with Gasteiger partial charge in [-0.3, -0.25) is 0 Å². The zero-order chi connectivity index (χ0) is 12.3. The van der Waals surface area contributed by atoms with Gasteiger partial charge >= 0.3 is 0 Å². The van der Waals surface area contributed by atoms with Crippen LogP contribution in [0.3, 0.4) is 0 Å². The number of aryl methyl sites for hydroxylation is 1. The fourth-order valence-corrected chi connectivity index (χ4v) is 1.68. The summed E-state index contributed by atoms with van der Waals surface area (Å²) in [6, 6.07) is 4.69. The number of benzene rings is 1. The Morgan fingerprint density at radius 3 is 2.94 bits per heavy atom. The third-order valence-corrected chi connectivity index (χ3v) is 2.83. The van der Waals surface area contributed by atoms with Crippen molar-refractivity contribution in [3.05, 3.63) is 47.3 Å². The van der Waals surface area contributed by atoms with Crippen molar-refractivity contribution < 1.29 is 4.39 Å². The highest BCUT2D eigenvalue weighted by Crippen LogP contribution is 2.18. The predicted octanol–water partition coefficient (Wildman–Crippen LogP) is 3.10. The SMILES string of the molecule is Cc1nccn1CCNc1ccc(Cl)c(F)c1. The van der Waals surface area contributed by atoms with Crippen molar-refractivity contribution in [2.45, 2.75) is 13.5 Å². The van der Waals surface area contributed by atoms with Crippen LogP contribution >= 0.6 is 11.6 Å². The van der Waals surface area contributed by atoms with Gasteiger partial charge < -0.3 is 9.88 Å². The van der Waals surface area contributed by atoms with Crippen LogP contribution in [-0.2, 0) is 6.54 Å². The van der Waals surface area contributed by atoms with Gasteiger partial charge in [0.1, 0.15) is 11.6 Å². The van der Waals surface area contributed by atoms with Crippen molar-refractivity contribution >= 4 is 17.3 Å². The topological polar surface area (TPSA) is 29.9 Å². The molecule has 0 bridgehead atoms. The Hall–Kier alpha value is -1.55. The van der Waals surface area contributed by atoms with Crippen molar-refractivity contribution in [1.82, 2.24) is 9.55 Å². The minimum atomic E-state index is -0.407. The number of hydrogen-bond donors (Lipinski definition) is 1. The molecular weight excluding hydrogens is 241 g/mol. The molecule has 1 N–H and O–H groups in total. The summed E-state index contributed by atoms with van der Waals surface area (Å²) in [5.74, 6) is 0.560. The van der Waals surface area contributed by atoms with Gasteiger partial charge in [0.15, 0.2) is 0 Å². The smallest absolute Gasteiger partial charge is 0.143 e. The molecule has 1 aromatic heterocycles. The van der Waals surface area contributed by atoms with Crippen LogP contribution in [0.25, 0.3) is 0 Å². The molecule has 1 aromatic carbocycles. The summed E-state index contributed by atoms with van der Waals surface area (Å²) in [6.45, 7) is 3.44. The van der Waals surface area contributed by atoms with Crippen molar-refractivity contribution in [2.24, 2.45) is 0 Å². The van der Waals surface area contributed by atoms with E-state index in [2.05, 4.69) is 10.3 Å². The van der Waals surface area contributed by atoms with Gasteiger partial charge in [-0.05, 0) is 25.1 Å². The monoisotopic (exact) mass is 253 g/mol. The van der Waals surface area contributed by atoms with Gasteiger partial charge in [-0.25, -0.2) is 9.37 Å². The Bertz CT molecular complexity index is 510. The first-order chi connectivity index (χ1) is 8.16. The maximum absolute atomic E-state index is 13.2. The van der Waals surface area contributed by atoms with Gasteiger partial charge in [0.05, 0.1) is 5.02 Å². The summed E-state index contributed by atoms with van der Waals surface area (Å²) in [5, 5.41) is 3.27. The number of hydrogen-bond acceptors (Lipinski definition) is 2. The molecule has 0 atom stereocenters. The highest BCUT2D eigenvalue weighted by Gasteiger charge is 2.01. The van der Waals surface area contributed by atoms with Crippen molar-refractivity contribution in [3.8, 4) is 0 Å². The molecule has 0 fully saturated rings. The summed E-state index contributed by atoms with van der Waals surface area (Å²) in [5.41, 5.74) is 0.727. The van der Waals surface area contributed by atoms with E-state index >= 15 is 0 Å². The third kappa shape index (κ3) is 2.97. The van der Waals surface area contributed by atoms with E-state index in [0.29, 0.717) is 6.54 Å². The summed E-state index contributed by atoms with van der Waals surface area (Å²) in [7, 11) is 0. The van der Waals surface area contributed by atoms with E-state index in [1.54, 1.807) is 18.3 Å². The number of halogens is 2. The third-order valence-electron chi connectivity index (χ3n) is 2.53. The van der Waals surface area contributed by atoms with Crippen LogP contribution in [0.15, 0.2) is 30.6 Å². The maximum atomic E-state index is 13.2. The molecule has 2 aromatic rings. The van der Waals surface area contributed by atoms with Gasteiger partial charge in [0, 0.05) is 31.2 Å². The molecule has 17 heavy (non-hydrogen) atoms. The molecule has 0 spiro atoms. The molecule has 90 valence electrons. The second kappa shape index (κ2) is 5.19. The number of imidazole rings is 1. The minimum Gasteiger partial charge on any atom is -0.383 e. The molecule has 1 heterocycles. The van der Waals surface area contributed by atoms with Gasteiger partial charge in [-0.15, -0.1) is 0 Å². The van der Waals surface area contributed by atoms with E-state index in [1.807, 2.05) is 17.7 Å². The van der Waals surface area contributed by atoms with Gasteiger partial charge in [-0.2, -0.15) is 0 Å². The zero-order valence-electron chi connectivity index (χ0n) is 9.45. The first-order valence-electron chi connectivity index (χ1n) is 5.33. The lowest BCUT2D eigenvalue weighted by atomic mass is 10.3. The van der Waals surface area contributed by atoms with Crippen LogP contribution in [0, 0.1) is 12.7 Å². The number of nitrogens with one attached hydrogen (secondary N) is 1. The van der Waals surface area contributed by atoms with Crippen LogP contribution in [0.1, 0.15) is 5.82 Å². The van der Waals surface area contributed by atoms with E-state index in [-0.39, 0.29) is 5.02 Å². The van der Waals surface area contributed by atoms with E-state index in [0.717, 1.165) is 18.1 Å². The van der Waals surface area contributed by atoms with Gasteiger partial charge in [0.2, 0.25) is 0 Å². The second-order valence-corrected chi connectivity index (χ2v) is 4.13. The Kier molecular flexibility index (Phi) is 3.64. The van der Waals surface area contributed by atoms with Crippen LogP contribution in [0.2, 0.25) is 5.02 Å². The lowest BCUT2D eigenvalue weighted by Crippen LogP contribution is -2.11. The Labute approximate surface area is 104 Å². The van der Waals surface area contributed by atoms with Crippen LogP contribution in [0.5, 0.6) is 0 Å². The molecule has 0 saturated heterocycles. The van der Waals surface area contributed by atoms with Crippen molar-refractivity contribution in [3.63, 3.8) is 0 Å². The first kappa shape index (κ1) is 11.9. The maximum Gasteiger partial charge on any atom is 0.143 e. The molecule has 5 heteroatoms. The Morgan fingerprint density at radius 1 is 1.47 bits per heavy atom.